The first-order valence-corrected chi connectivity index (χ1v) is 14.4. The molecular weight excluding hydrogens is 576 g/mol. The molecule has 34 heavy (non-hydrogen) atoms. The number of anilines is 1. The first kappa shape index (κ1) is 23.3. The van der Waals surface area contributed by atoms with Crippen LogP contribution in [0.4, 0.5) is 5.13 Å². The SMILES string of the molecule is O=S(=O)(Nc1ncc(C(Oc2ccc3cc(Br)ccc3c2)c2ccc(Cl)cc2)s1)c1cccs1. The monoisotopic (exact) mass is 590 g/mol. The van der Waals surface area contributed by atoms with Crippen molar-refractivity contribution < 1.29 is 13.2 Å². The number of thiophene rings is 1. The van der Waals surface area contributed by atoms with Gasteiger partial charge in [-0.05, 0) is 64.2 Å². The molecule has 5 aromatic rings. The summed E-state index contributed by atoms with van der Waals surface area (Å²) < 4.78 is 35.4. The Morgan fingerprint density at radius 2 is 1.76 bits per heavy atom. The Kier molecular flexibility index (Phi) is 6.63. The average molecular weight is 592 g/mol. The van der Waals surface area contributed by atoms with E-state index in [-0.39, 0.29) is 9.34 Å². The molecule has 0 aliphatic carbocycles. The van der Waals surface area contributed by atoms with Gasteiger partial charge >= 0.3 is 0 Å². The van der Waals surface area contributed by atoms with Gasteiger partial charge < -0.3 is 4.74 Å². The lowest BCUT2D eigenvalue weighted by Crippen LogP contribution is -2.11. The van der Waals surface area contributed by atoms with Gasteiger partial charge in [0.25, 0.3) is 10.0 Å². The fourth-order valence-corrected chi connectivity index (χ4v) is 6.98. The number of thiazole rings is 1. The number of sulfonamides is 1. The van der Waals surface area contributed by atoms with E-state index < -0.39 is 16.1 Å². The number of fused-ring (bicyclic) bond motifs is 1. The van der Waals surface area contributed by atoms with Crippen LogP contribution >= 0.6 is 50.2 Å². The fraction of sp³-hybridized carbons (Fsp3) is 0.0417. The highest BCUT2D eigenvalue weighted by atomic mass is 79.9. The third-order valence-corrected chi connectivity index (χ3v) is 9.53. The zero-order valence-electron chi connectivity index (χ0n) is 17.3. The molecule has 0 saturated carbocycles. The third kappa shape index (κ3) is 5.13. The Bertz CT molecular complexity index is 1550. The summed E-state index contributed by atoms with van der Waals surface area (Å²) in [6, 6.07) is 22.6. The van der Waals surface area contributed by atoms with E-state index in [4.69, 9.17) is 16.3 Å². The molecule has 2 aromatic heterocycles. The van der Waals surface area contributed by atoms with Crippen LogP contribution in [0, 0.1) is 0 Å². The summed E-state index contributed by atoms with van der Waals surface area (Å²) >= 11 is 12.0. The van der Waals surface area contributed by atoms with Crippen molar-refractivity contribution in [2.75, 3.05) is 4.72 Å². The summed E-state index contributed by atoms with van der Waals surface area (Å²) in [6.45, 7) is 0. The van der Waals surface area contributed by atoms with Crippen molar-refractivity contribution >= 4 is 76.1 Å². The highest BCUT2D eigenvalue weighted by molar-refractivity contribution is 9.10. The zero-order chi connectivity index (χ0) is 23.7. The van der Waals surface area contributed by atoms with Gasteiger partial charge in [0.2, 0.25) is 0 Å². The number of hydrogen-bond acceptors (Lipinski definition) is 6. The molecule has 5 rings (SSSR count). The van der Waals surface area contributed by atoms with Crippen LogP contribution in [0.25, 0.3) is 10.8 Å². The van der Waals surface area contributed by atoms with E-state index in [0.717, 1.165) is 37.0 Å². The van der Waals surface area contributed by atoms with Gasteiger partial charge in [0, 0.05) is 15.7 Å². The maximum atomic E-state index is 12.6. The van der Waals surface area contributed by atoms with Crippen LogP contribution in [-0.4, -0.2) is 13.4 Å². The van der Waals surface area contributed by atoms with Gasteiger partial charge in [-0.1, -0.05) is 69.2 Å². The lowest BCUT2D eigenvalue weighted by molar-refractivity contribution is 0.251. The molecule has 0 amide bonds. The molecule has 0 spiro atoms. The van der Waals surface area contributed by atoms with E-state index in [1.54, 1.807) is 35.8 Å². The van der Waals surface area contributed by atoms with Crippen molar-refractivity contribution in [3.8, 4) is 5.75 Å². The van der Waals surface area contributed by atoms with Crippen LogP contribution < -0.4 is 9.46 Å². The Balaban J connectivity index is 1.47. The van der Waals surface area contributed by atoms with E-state index in [2.05, 4.69) is 25.6 Å². The summed E-state index contributed by atoms with van der Waals surface area (Å²) in [7, 11) is -3.69. The average Bonchev–Trinajstić information content (AvgIpc) is 3.51. The van der Waals surface area contributed by atoms with Crippen LogP contribution in [-0.2, 0) is 10.0 Å². The molecule has 0 aliphatic rings. The van der Waals surface area contributed by atoms with Crippen LogP contribution in [0.1, 0.15) is 16.5 Å². The Morgan fingerprint density at radius 3 is 2.53 bits per heavy atom. The maximum absolute atomic E-state index is 12.6. The molecule has 5 nitrogen and oxygen atoms in total. The molecular formula is C24H16BrClN2O3S3. The lowest BCUT2D eigenvalue weighted by atomic mass is 10.1. The van der Waals surface area contributed by atoms with Gasteiger partial charge in [-0.15, -0.1) is 11.3 Å². The molecule has 1 N–H and O–H groups in total. The number of hydrogen-bond donors (Lipinski definition) is 1. The highest BCUT2D eigenvalue weighted by Crippen LogP contribution is 2.36. The maximum Gasteiger partial charge on any atom is 0.273 e. The normalized spacial score (nSPS) is 12.5. The Labute approximate surface area is 218 Å². The van der Waals surface area contributed by atoms with E-state index in [0.29, 0.717) is 10.8 Å². The van der Waals surface area contributed by atoms with Gasteiger partial charge in [0.05, 0.1) is 4.88 Å². The van der Waals surface area contributed by atoms with Crippen molar-refractivity contribution in [3.63, 3.8) is 0 Å². The van der Waals surface area contributed by atoms with Crippen molar-refractivity contribution in [2.24, 2.45) is 0 Å². The highest BCUT2D eigenvalue weighted by Gasteiger charge is 2.22. The molecule has 1 atom stereocenters. The molecule has 0 fully saturated rings. The predicted molar refractivity (Wildman–Crippen MR) is 143 cm³/mol. The molecule has 10 heteroatoms. The minimum absolute atomic E-state index is 0.234. The molecule has 3 aromatic carbocycles. The zero-order valence-corrected chi connectivity index (χ0v) is 22.1. The number of rotatable bonds is 7. The molecule has 0 bridgehead atoms. The smallest absolute Gasteiger partial charge is 0.273 e. The van der Waals surface area contributed by atoms with E-state index in [1.807, 2.05) is 48.5 Å². The Morgan fingerprint density at radius 1 is 1.00 bits per heavy atom. The minimum atomic E-state index is -3.69. The quantitative estimate of drug-likeness (QED) is 0.210. The third-order valence-electron chi connectivity index (χ3n) is 4.96. The van der Waals surface area contributed by atoms with E-state index >= 15 is 0 Å². The molecule has 0 saturated heterocycles. The predicted octanol–water partition coefficient (Wildman–Crippen LogP) is 7.74. The topological polar surface area (TPSA) is 68.3 Å². The fourth-order valence-electron chi connectivity index (χ4n) is 3.37. The van der Waals surface area contributed by atoms with Gasteiger partial charge in [0.1, 0.15) is 9.96 Å². The molecule has 0 aliphatic heterocycles. The van der Waals surface area contributed by atoms with Gasteiger partial charge in [0.15, 0.2) is 11.2 Å². The number of aromatic nitrogens is 1. The van der Waals surface area contributed by atoms with Crippen LogP contribution in [0.5, 0.6) is 5.75 Å². The second-order valence-electron chi connectivity index (χ2n) is 7.31. The first-order valence-electron chi connectivity index (χ1n) is 10.0. The van der Waals surface area contributed by atoms with Crippen LogP contribution in [0.15, 0.2) is 93.1 Å². The van der Waals surface area contributed by atoms with Crippen LogP contribution in [0.3, 0.4) is 0 Å². The standard InChI is InChI=1S/C24H16BrClN2O3S3/c25-18-7-3-17-13-20(10-6-16(17)12-18)31-23(15-4-8-19(26)9-5-15)21-14-27-24(33-21)28-34(29,30)22-2-1-11-32-22/h1-14,23H,(H,27,28). The minimum Gasteiger partial charge on any atom is -0.480 e. The Hall–Kier alpha value is -2.43. The second kappa shape index (κ2) is 9.67. The molecule has 2 heterocycles. The number of nitrogens with zero attached hydrogens (tertiary/aromatic N) is 1. The number of benzene rings is 3. The summed E-state index contributed by atoms with van der Waals surface area (Å²) in [5, 5.41) is 4.74. The van der Waals surface area contributed by atoms with Crippen molar-refractivity contribution in [1.29, 1.82) is 0 Å². The van der Waals surface area contributed by atoms with E-state index in [9.17, 15) is 8.42 Å². The van der Waals surface area contributed by atoms with Crippen molar-refractivity contribution in [1.82, 2.24) is 4.98 Å². The first-order chi connectivity index (χ1) is 16.4. The molecule has 1 unspecified atom stereocenters. The van der Waals surface area contributed by atoms with Crippen LogP contribution in [0.2, 0.25) is 5.02 Å². The summed E-state index contributed by atoms with van der Waals surface area (Å²) in [6.07, 6.45) is 1.14. The summed E-state index contributed by atoms with van der Waals surface area (Å²) in [5.74, 6) is 0.684. The van der Waals surface area contributed by atoms with Crippen molar-refractivity contribution in [2.45, 2.75) is 10.3 Å². The van der Waals surface area contributed by atoms with Crippen molar-refractivity contribution in [3.05, 3.63) is 104 Å². The molecule has 172 valence electrons. The lowest BCUT2D eigenvalue weighted by Gasteiger charge is -2.19. The number of ether oxygens (including phenoxy) is 1. The van der Waals surface area contributed by atoms with Gasteiger partial charge in [-0.3, -0.25) is 4.72 Å². The summed E-state index contributed by atoms with van der Waals surface area (Å²) in [5.41, 5.74) is 0.872. The molecule has 0 radical (unpaired) electrons. The summed E-state index contributed by atoms with van der Waals surface area (Å²) in [4.78, 5) is 5.05. The largest absolute Gasteiger partial charge is 0.480 e. The number of halogens is 2. The second-order valence-corrected chi connectivity index (χ2v) is 12.6. The van der Waals surface area contributed by atoms with Gasteiger partial charge in [-0.2, -0.15) is 0 Å². The van der Waals surface area contributed by atoms with E-state index in [1.165, 1.54) is 11.3 Å². The number of nitrogens with one attached hydrogen (secondary N) is 1. The van der Waals surface area contributed by atoms with Gasteiger partial charge in [-0.25, -0.2) is 13.4 Å².